The highest BCUT2D eigenvalue weighted by Gasteiger charge is 2.32. The number of thiazole rings is 1. The number of hydrogen-bond acceptors (Lipinski definition) is 5. The van der Waals surface area contributed by atoms with Gasteiger partial charge in [-0.2, -0.15) is 0 Å². The molecule has 0 unspecified atom stereocenters. The van der Waals surface area contributed by atoms with Crippen molar-refractivity contribution in [2.24, 2.45) is 4.99 Å². The maximum atomic E-state index is 13.3. The molecule has 1 amide bonds. The van der Waals surface area contributed by atoms with Crippen LogP contribution in [0.2, 0.25) is 0 Å². The van der Waals surface area contributed by atoms with Crippen LogP contribution in [-0.4, -0.2) is 24.2 Å². The minimum Gasteiger partial charge on any atom is -0.334 e. The van der Waals surface area contributed by atoms with Gasteiger partial charge in [-0.3, -0.25) is 14.2 Å². The highest BCUT2D eigenvalue weighted by Crippen LogP contribution is 2.33. The number of benzene rings is 2. The van der Waals surface area contributed by atoms with Gasteiger partial charge in [0.1, 0.15) is 17.9 Å². The van der Waals surface area contributed by atoms with E-state index in [1.807, 2.05) is 24.3 Å². The number of carbonyl (C=O) groups is 1. The lowest BCUT2D eigenvalue weighted by atomic mass is 10.1. The van der Waals surface area contributed by atoms with Crippen LogP contribution in [0.25, 0.3) is 5.57 Å². The topological polar surface area (TPSA) is 57.9 Å². The largest absolute Gasteiger partial charge is 0.334 e. The molecule has 3 heterocycles. The fourth-order valence-corrected chi connectivity index (χ4v) is 4.89. The molecule has 0 bridgehead atoms. The molecule has 2 aliphatic rings. The Hall–Kier alpha value is -3.19. The number of fused-ring (bicyclic) bond motifs is 2. The zero-order chi connectivity index (χ0) is 20.3. The molecule has 2 aliphatic heterocycles. The summed E-state index contributed by atoms with van der Waals surface area (Å²) in [6.45, 7) is 5.08. The fourth-order valence-electron chi connectivity index (χ4n) is 3.84. The second-order valence-corrected chi connectivity index (χ2v) is 8.43. The van der Waals surface area contributed by atoms with Crippen LogP contribution in [0.3, 0.4) is 0 Å². The Morgan fingerprint density at radius 1 is 1.03 bits per heavy atom. The van der Waals surface area contributed by atoms with Crippen molar-refractivity contribution in [1.29, 1.82) is 0 Å². The van der Waals surface area contributed by atoms with E-state index in [2.05, 4.69) is 41.9 Å². The minimum atomic E-state index is -0.157. The fraction of sp³-hybridized carbons (Fsp3) is 0.227. The summed E-state index contributed by atoms with van der Waals surface area (Å²) >= 11 is 1.30. The van der Waals surface area contributed by atoms with E-state index in [0.717, 1.165) is 16.9 Å². The molecule has 1 aromatic heterocycles. The Labute approximate surface area is 171 Å². The average Bonchev–Trinajstić information content (AvgIpc) is 3.18. The van der Waals surface area contributed by atoms with Crippen molar-refractivity contribution >= 4 is 34.2 Å². The van der Waals surface area contributed by atoms with Crippen LogP contribution in [0.1, 0.15) is 16.7 Å². The molecule has 0 N–H and O–H groups in total. The maximum absolute atomic E-state index is 13.3. The van der Waals surface area contributed by atoms with Gasteiger partial charge in [0.15, 0.2) is 4.80 Å². The lowest BCUT2D eigenvalue weighted by molar-refractivity contribution is -0.112. The molecule has 0 aliphatic carbocycles. The molecule has 7 heteroatoms. The van der Waals surface area contributed by atoms with Crippen LogP contribution in [0.5, 0.6) is 0 Å². The summed E-state index contributed by atoms with van der Waals surface area (Å²) in [5, 5.41) is 0. The van der Waals surface area contributed by atoms with Gasteiger partial charge in [0.05, 0.1) is 11.3 Å². The van der Waals surface area contributed by atoms with Crippen molar-refractivity contribution in [3.63, 3.8) is 0 Å². The van der Waals surface area contributed by atoms with Crippen molar-refractivity contribution in [2.45, 2.75) is 20.5 Å². The smallest absolute Gasteiger partial charge is 0.272 e. The van der Waals surface area contributed by atoms with Gasteiger partial charge < -0.3 is 9.80 Å². The zero-order valence-electron chi connectivity index (χ0n) is 16.5. The van der Waals surface area contributed by atoms with Crippen molar-refractivity contribution in [2.75, 3.05) is 23.5 Å². The first kappa shape index (κ1) is 17.9. The zero-order valence-corrected chi connectivity index (χ0v) is 17.3. The Morgan fingerprint density at radius 2 is 1.83 bits per heavy atom. The van der Waals surface area contributed by atoms with Crippen molar-refractivity contribution < 1.29 is 4.79 Å². The van der Waals surface area contributed by atoms with Crippen LogP contribution in [0.15, 0.2) is 52.3 Å². The molecular formula is C22H20N4O2S. The number of hydrogen-bond donors (Lipinski definition) is 0. The quantitative estimate of drug-likeness (QED) is 0.621. The molecule has 5 rings (SSSR count). The first-order valence-electron chi connectivity index (χ1n) is 9.44. The number of carbonyl (C=O) groups excluding carboxylic acids is 1. The Morgan fingerprint density at radius 3 is 2.62 bits per heavy atom. The molecule has 2 aromatic carbocycles. The molecule has 0 spiro atoms. The lowest BCUT2D eigenvalue weighted by Gasteiger charge is -2.26. The van der Waals surface area contributed by atoms with Gasteiger partial charge in [0, 0.05) is 18.3 Å². The Bertz CT molecular complexity index is 1350. The predicted octanol–water partition coefficient (Wildman–Crippen LogP) is 1.76. The predicted molar refractivity (Wildman–Crippen MR) is 115 cm³/mol. The van der Waals surface area contributed by atoms with Gasteiger partial charge in [-0.25, -0.2) is 4.99 Å². The summed E-state index contributed by atoms with van der Waals surface area (Å²) in [6.07, 6.45) is 0. The number of aryl methyl sites for hydroxylation is 2. The minimum absolute atomic E-state index is 0.145. The number of nitrogens with zero attached hydrogens (tertiary/aromatic N) is 4. The van der Waals surface area contributed by atoms with Gasteiger partial charge in [-0.1, -0.05) is 35.6 Å². The maximum Gasteiger partial charge on any atom is 0.272 e. The van der Waals surface area contributed by atoms with E-state index in [9.17, 15) is 9.59 Å². The number of aromatic nitrogens is 1. The van der Waals surface area contributed by atoms with E-state index in [0.29, 0.717) is 28.2 Å². The van der Waals surface area contributed by atoms with E-state index >= 15 is 0 Å². The molecule has 3 aromatic rings. The summed E-state index contributed by atoms with van der Waals surface area (Å²) in [7, 11) is 1.74. The van der Waals surface area contributed by atoms with E-state index in [1.165, 1.54) is 22.5 Å². The number of anilines is 2. The third-order valence-electron chi connectivity index (χ3n) is 5.69. The summed E-state index contributed by atoms with van der Waals surface area (Å²) in [5.41, 5.74) is 5.44. The summed E-state index contributed by atoms with van der Waals surface area (Å²) in [5.74, 6) is -0.145. The first-order valence-corrected chi connectivity index (χ1v) is 10.3. The first-order chi connectivity index (χ1) is 14.0. The van der Waals surface area contributed by atoms with E-state index in [4.69, 9.17) is 0 Å². The highest BCUT2D eigenvalue weighted by molar-refractivity contribution is 7.07. The number of likely N-dealkylation sites (N-methyl/N-ethyl adjacent to an activating group) is 1. The van der Waals surface area contributed by atoms with Crippen LogP contribution in [-0.2, 0) is 11.5 Å². The van der Waals surface area contributed by atoms with Crippen molar-refractivity contribution in [3.05, 3.63) is 78.8 Å². The van der Waals surface area contributed by atoms with Gasteiger partial charge in [0.2, 0.25) is 0 Å². The van der Waals surface area contributed by atoms with E-state index in [-0.39, 0.29) is 11.5 Å². The van der Waals surface area contributed by atoms with Gasteiger partial charge in [-0.05, 0) is 43.2 Å². The lowest BCUT2D eigenvalue weighted by Crippen LogP contribution is -2.43. The molecule has 0 atom stereocenters. The summed E-state index contributed by atoms with van der Waals surface area (Å²) in [6, 6.07) is 13.8. The van der Waals surface area contributed by atoms with E-state index in [1.54, 1.807) is 16.5 Å². The molecule has 0 radical (unpaired) electrons. The van der Waals surface area contributed by atoms with Crippen LogP contribution in [0.4, 0.5) is 11.4 Å². The van der Waals surface area contributed by atoms with Crippen LogP contribution < -0.4 is 24.7 Å². The highest BCUT2D eigenvalue weighted by atomic mass is 32.1. The van der Waals surface area contributed by atoms with Crippen molar-refractivity contribution in [3.8, 4) is 0 Å². The molecule has 0 fully saturated rings. The monoisotopic (exact) mass is 404 g/mol. The van der Waals surface area contributed by atoms with Gasteiger partial charge in [-0.15, -0.1) is 0 Å². The molecule has 6 nitrogen and oxygen atoms in total. The standard InChI is InChI=1S/C22H20N4O2S/c1-13-8-9-15(10-14(13)2)25-11-23-22-26(12-25)21(28)19(29-22)18-16-6-4-5-7-17(16)24(3)20(18)27/h4-10H,11-12H2,1-3H3. The molecule has 29 heavy (non-hydrogen) atoms. The average molecular weight is 404 g/mol. The Kier molecular flexibility index (Phi) is 3.96. The third-order valence-corrected chi connectivity index (χ3v) is 6.80. The van der Waals surface area contributed by atoms with Crippen LogP contribution >= 0.6 is 11.3 Å². The molecule has 146 valence electrons. The van der Waals surface area contributed by atoms with Gasteiger partial charge >= 0.3 is 0 Å². The third kappa shape index (κ3) is 2.65. The van der Waals surface area contributed by atoms with E-state index < -0.39 is 0 Å². The Balaban J connectivity index is 1.65. The van der Waals surface area contributed by atoms with Gasteiger partial charge in [0.25, 0.3) is 11.5 Å². The second-order valence-electron chi connectivity index (χ2n) is 7.45. The number of rotatable bonds is 1. The number of para-hydroxylation sites is 1. The molecule has 0 saturated carbocycles. The number of amides is 1. The normalized spacial score (nSPS) is 17.3. The molecule has 0 saturated heterocycles. The summed E-state index contributed by atoms with van der Waals surface area (Å²) in [4.78, 5) is 35.1. The SMILES string of the molecule is Cc1ccc(N2CN=c3sc(=C4C(=O)N(C)c5ccccc54)c(=O)n3C2)cc1C. The second kappa shape index (κ2) is 6.42. The van der Waals surface area contributed by atoms with Crippen LogP contribution in [0, 0.1) is 13.8 Å². The molecular weight excluding hydrogens is 384 g/mol. The summed E-state index contributed by atoms with van der Waals surface area (Å²) < 4.78 is 2.13. The van der Waals surface area contributed by atoms with Crippen molar-refractivity contribution in [1.82, 2.24) is 4.57 Å².